The molecule has 18 heavy (non-hydrogen) atoms. The molecule has 0 aliphatic carbocycles. The normalized spacial score (nSPS) is 24.3. The summed E-state index contributed by atoms with van der Waals surface area (Å²) in [6.45, 7) is -3.00. The molecule has 1 aromatic carbocycles. The van der Waals surface area contributed by atoms with Crippen molar-refractivity contribution in [2.75, 3.05) is 0 Å². The summed E-state index contributed by atoms with van der Waals surface area (Å²) >= 11 is 6.14. The van der Waals surface area contributed by atoms with E-state index in [4.69, 9.17) is 11.1 Å². The number of hydrogen-bond donors (Lipinski definition) is 0. The van der Waals surface area contributed by atoms with Gasteiger partial charge in [0.2, 0.25) is 0 Å². The Balaban J connectivity index is 2.08. The summed E-state index contributed by atoms with van der Waals surface area (Å²) in [5.74, 6) is -0.824. The monoisotopic (exact) mass is 294 g/mol. The van der Waals surface area contributed by atoms with E-state index in [1.807, 2.05) is 0 Å². The fourth-order valence-corrected chi connectivity index (χ4v) is 4.92. The van der Waals surface area contributed by atoms with Gasteiger partial charge in [-0.05, 0) is 48.5 Å². The smallest absolute Gasteiger partial charge is 0.387 e. The quantitative estimate of drug-likeness (QED) is 0.598. The van der Waals surface area contributed by atoms with Gasteiger partial charge in [-0.1, -0.05) is 6.07 Å². The van der Waals surface area contributed by atoms with Crippen LogP contribution in [0.2, 0.25) is 12.1 Å². The van der Waals surface area contributed by atoms with Crippen LogP contribution in [-0.4, -0.2) is 14.7 Å². The van der Waals surface area contributed by atoms with Gasteiger partial charge in [0, 0.05) is 0 Å². The molecule has 1 saturated heterocycles. The average molecular weight is 295 g/mol. The zero-order valence-electron chi connectivity index (χ0n) is 9.71. The second-order valence-electron chi connectivity index (χ2n) is 4.52. The van der Waals surface area contributed by atoms with Gasteiger partial charge in [0.1, 0.15) is 8.11 Å². The minimum atomic E-state index is -3.00. The van der Waals surface area contributed by atoms with Gasteiger partial charge in [0.15, 0.2) is 11.6 Å². The lowest BCUT2D eigenvalue weighted by Gasteiger charge is -2.24. The summed E-state index contributed by atoms with van der Waals surface area (Å²) in [6.07, 6.45) is 1.93. The maximum absolute atomic E-state index is 13.6. The molecule has 1 heterocycles. The molecule has 6 heteroatoms. The third kappa shape index (κ3) is 3.42. The topological polar surface area (TPSA) is 9.23 Å². The molecular weight excluding hydrogens is 281 g/mol. The first kappa shape index (κ1) is 13.7. The highest BCUT2D eigenvalue weighted by atomic mass is 35.6. The molecule has 0 amide bonds. The zero-order valence-corrected chi connectivity index (χ0v) is 11.6. The molecule has 0 aromatic heterocycles. The molecule has 1 aliphatic rings. The standard InChI is InChI=1S/C12H14ClF3OSi/c13-18-5-3-8(4-6-18)9-1-2-11(10(14)7-9)17-12(15)16/h1-2,7-8,12,18H,3-6H2/t8-,18-. The largest absolute Gasteiger partial charge is 0.432 e. The fourth-order valence-electron chi connectivity index (χ4n) is 2.35. The van der Waals surface area contributed by atoms with E-state index in [2.05, 4.69) is 4.74 Å². The zero-order chi connectivity index (χ0) is 13.1. The number of rotatable bonds is 3. The summed E-state index contributed by atoms with van der Waals surface area (Å²) in [6, 6.07) is 6.34. The number of ether oxygens (including phenoxy) is 1. The van der Waals surface area contributed by atoms with Crippen LogP contribution in [-0.2, 0) is 0 Å². The molecule has 1 nitrogen and oxygen atoms in total. The van der Waals surface area contributed by atoms with Gasteiger partial charge < -0.3 is 4.74 Å². The van der Waals surface area contributed by atoms with E-state index in [1.54, 1.807) is 6.07 Å². The van der Waals surface area contributed by atoms with Crippen LogP contribution >= 0.6 is 11.1 Å². The third-order valence-corrected chi connectivity index (χ3v) is 6.53. The maximum Gasteiger partial charge on any atom is 0.387 e. The first-order chi connectivity index (χ1) is 8.56. The Labute approximate surface area is 110 Å². The second-order valence-corrected chi connectivity index (χ2v) is 8.72. The number of hydrogen-bond acceptors (Lipinski definition) is 1. The number of benzene rings is 1. The molecule has 0 N–H and O–H groups in total. The van der Waals surface area contributed by atoms with E-state index >= 15 is 0 Å². The van der Waals surface area contributed by atoms with Crippen LogP contribution in [0.5, 0.6) is 5.75 Å². The highest BCUT2D eigenvalue weighted by Gasteiger charge is 2.23. The van der Waals surface area contributed by atoms with Crippen LogP contribution in [0.1, 0.15) is 24.3 Å². The van der Waals surface area contributed by atoms with Crippen molar-refractivity contribution in [3.8, 4) is 5.75 Å². The van der Waals surface area contributed by atoms with Gasteiger partial charge >= 0.3 is 6.61 Å². The van der Waals surface area contributed by atoms with Crippen LogP contribution in [0, 0.1) is 5.82 Å². The average Bonchev–Trinajstić information content (AvgIpc) is 2.32. The summed E-state index contributed by atoms with van der Waals surface area (Å²) in [7, 11) is -1.04. The van der Waals surface area contributed by atoms with Gasteiger partial charge in [-0.15, -0.1) is 0 Å². The van der Waals surface area contributed by atoms with Crippen molar-refractivity contribution in [3.05, 3.63) is 29.6 Å². The van der Waals surface area contributed by atoms with Gasteiger partial charge in [-0.2, -0.15) is 19.9 Å². The van der Waals surface area contributed by atoms with Crippen LogP contribution in [0.3, 0.4) is 0 Å². The molecule has 1 aliphatic heterocycles. The highest BCUT2D eigenvalue weighted by Crippen LogP contribution is 2.36. The Bertz CT molecular complexity index is 408. The van der Waals surface area contributed by atoms with Crippen molar-refractivity contribution >= 4 is 19.2 Å². The van der Waals surface area contributed by atoms with Gasteiger partial charge in [0.25, 0.3) is 0 Å². The Morgan fingerprint density at radius 3 is 2.50 bits per heavy atom. The van der Waals surface area contributed by atoms with E-state index in [9.17, 15) is 13.2 Å². The van der Waals surface area contributed by atoms with Crippen molar-refractivity contribution in [3.63, 3.8) is 0 Å². The minimum absolute atomic E-state index is 0.294. The molecule has 0 bridgehead atoms. The number of alkyl halides is 2. The van der Waals surface area contributed by atoms with Gasteiger partial charge in [-0.25, -0.2) is 4.39 Å². The molecule has 0 unspecified atom stereocenters. The highest BCUT2D eigenvalue weighted by molar-refractivity contribution is 7.07. The summed E-state index contributed by atoms with van der Waals surface area (Å²) in [5, 5.41) is 0. The van der Waals surface area contributed by atoms with Crippen LogP contribution in [0.4, 0.5) is 13.2 Å². The second kappa shape index (κ2) is 5.97. The van der Waals surface area contributed by atoms with Crippen LogP contribution in [0.15, 0.2) is 18.2 Å². The fraction of sp³-hybridized carbons (Fsp3) is 0.500. The van der Waals surface area contributed by atoms with Crippen molar-refractivity contribution in [2.45, 2.75) is 37.5 Å². The molecule has 0 radical (unpaired) electrons. The summed E-state index contributed by atoms with van der Waals surface area (Å²) < 4.78 is 41.6. The van der Waals surface area contributed by atoms with E-state index in [-0.39, 0.29) is 0 Å². The van der Waals surface area contributed by atoms with E-state index in [1.165, 1.54) is 12.1 Å². The lowest BCUT2D eigenvalue weighted by Crippen LogP contribution is -2.15. The molecule has 0 atom stereocenters. The minimum Gasteiger partial charge on any atom is -0.432 e. The molecule has 100 valence electrons. The summed E-state index contributed by atoms with van der Waals surface area (Å²) in [4.78, 5) is 0. The molecule has 0 saturated carbocycles. The molecule has 1 aromatic rings. The van der Waals surface area contributed by atoms with Crippen molar-refractivity contribution in [1.29, 1.82) is 0 Å². The SMILES string of the molecule is Fc1cc([C@H]2CC[Si@H](Cl)CC2)ccc1OC(F)F. The third-order valence-electron chi connectivity index (χ3n) is 3.30. The Kier molecular flexibility index (Phi) is 4.56. The van der Waals surface area contributed by atoms with E-state index in [0.717, 1.165) is 30.5 Å². The molecule has 2 rings (SSSR count). The summed E-state index contributed by atoms with van der Waals surface area (Å²) in [5.41, 5.74) is 0.853. The molecular formula is C12H14ClF3OSi. The van der Waals surface area contributed by atoms with Crippen molar-refractivity contribution < 1.29 is 17.9 Å². The van der Waals surface area contributed by atoms with Crippen LogP contribution < -0.4 is 4.74 Å². The van der Waals surface area contributed by atoms with Gasteiger partial charge in [-0.3, -0.25) is 0 Å². The van der Waals surface area contributed by atoms with Gasteiger partial charge in [0.05, 0.1) is 0 Å². The van der Waals surface area contributed by atoms with E-state index < -0.39 is 26.3 Å². The van der Waals surface area contributed by atoms with Crippen molar-refractivity contribution in [2.24, 2.45) is 0 Å². The Morgan fingerprint density at radius 2 is 1.94 bits per heavy atom. The predicted molar refractivity (Wildman–Crippen MR) is 67.6 cm³/mol. The van der Waals surface area contributed by atoms with Crippen LogP contribution in [0.25, 0.3) is 0 Å². The maximum atomic E-state index is 13.6. The molecule has 1 fully saturated rings. The van der Waals surface area contributed by atoms with E-state index in [0.29, 0.717) is 5.92 Å². The molecule has 0 spiro atoms. The predicted octanol–water partition coefficient (Wildman–Crippen LogP) is 4.27. The van der Waals surface area contributed by atoms with Crippen molar-refractivity contribution in [1.82, 2.24) is 0 Å². The lowest BCUT2D eigenvalue weighted by atomic mass is 9.93. The Hall–Kier alpha value is -0.683. The number of halogens is 4. The lowest BCUT2D eigenvalue weighted by molar-refractivity contribution is -0.0522. The first-order valence-corrected chi connectivity index (χ1v) is 9.32. The first-order valence-electron chi connectivity index (χ1n) is 5.94. The Morgan fingerprint density at radius 1 is 1.28 bits per heavy atom.